The molecule has 114 valence electrons. The Bertz CT molecular complexity index is 625. The maximum Gasteiger partial charge on any atom is 0.151 e. The number of halogens is 2. The van der Waals surface area contributed by atoms with Crippen LogP contribution in [0.4, 0.5) is 4.39 Å². The van der Waals surface area contributed by atoms with E-state index in [0.29, 0.717) is 23.7 Å². The summed E-state index contributed by atoms with van der Waals surface area (Å²) in [4.78, 5) is 6.85. The van der Waals surface area contributed by atoms with Crippen LogP contribution >= 0.6 is 11.6 Å². The van der Waals surface area contributed by atoms with Crippen molar-refractivity contribution >= 4 is 22.6 Å². The first-order valence-corrected chi connectivity index (χ1v) is 8.10. The molecule has 3 nitrogen and oxygen atoms in total. The molecular weight excluding hydrogens is 289 g/mol. The van der Waals surface area contributed by atoms with Gasteiger partial charge in [-0.2, -0.15) is 0 Å². The van der Waals surface area contributed by atoms with Gasteiger partial charge in [0.25, 0.3) is 0 Å². The Morgan fingerprint density at radius 1 is 1.43 bits per heavy atom. The smallest absolute Gasteiger partial charge is 0.151 e. The largest absolute Gasteiger partial charge is 0.328 e. The number of aryl methyl sites for hydroxylation is 1. The van der Waals surface area contributed by atoms with E-state index in [9.17, 15) is 4.39 Å². The Morgan fingerprint density at radius 2 is 2.29 bits per heavy atom. The minimum absolute atomic E-state index is 0.247. The molecule has 1 atom stereocenters. The van der Waals surface area contributed by atoms with Gasteiger partial charge in [-0.25, -0.2) is 9.37 Å². The van der Waals surface area contributed by atoms with Crippen LogP contribution in [-0.2, 0) is 13.0 Å². The van der Waals surface area contributed by atoms with Crippen LogP contribution < -0.4 is 0 Å². The molecule has 1 saturated heterocycles. The van der Waals surface area contributed by atoms with Gasteiger partial charge in [0.2, 0.25) is 0 Å². The molecule has 1 aliphatic rings. The lowest BCUT2D eigenvalue weighted by Crippen LogP contribution is -2.34. The number of hydrogen-bond acceptors (Lipinski definition) is 2. The van der Waals surface area contributed by atoms with E-state index in [1.165, 1.54) is 25.5 Å². The molecule has 0 saturated carbocycles. The zero-order chi connectivity index (χ0) is 14.8. The highest BCUT2D eigenvalue weighted by atomic mass is 35.5. The molecule has 0 amide bonds. The summed E-state index contributed by atoms with van der Waals surface area (Å²) in [5.41, 5.74) is 1.37. The molecular formula is C16H21ClFN3. The molecule has 1 unspecified atom stereocenters. The number of fused-ring (bicyclic) bond motifs is 1. The molecule has 21 heavy (non-hydrogen) atoms. The van der Waals surface area contributed by atoms with Crippen LogP contribution in [0.3, 0.4) is 0 Å². The number of aromatic nitrogens is 2. The SMILES string of the molecule is CN1CCCC(Cn2c(CCCl)nc3c(F)cccc32)C1. The third-order valence-electron chi connectivity index (χ3n) is 4.29. The average molecular weight is 310 g/mol. The summed E-state index contributed by atoms with van der Waals surface area (Å²) in [7, 11) is 2.16. The van der Waals surface area contributed by atoms with Crippen LogP contribution in [0.1, 0.15) is 18.7 Å². The van der Waals surface area contributed by atoms with Crippen LogP contribution in [-0.4, -0.2) is 40.5 Å². The van der Waals surface area contributed by atoms with Crippen molar-refractivity contribution in [1.82, 2.24) is 14.5 Å². The van der Waals surface area contributed by atoms with Gasteiger partial charge in [-0.1, -0.05) is 6.07 Å². The predicted molar refractivity (Wildman–Crippen MR) is 84.3 cm³/mol. The van der Waals surface area contributed by atoms with E-state index in [4.69, 9.17) is 11.6 Å². The lowest BCUT2D eigenvalue weighted by Gasteiger charge is -2.30. The lowest BCUT2D eigenvalue weighted by atomic mass is 9.98. The predicted octanol–water partition coefficient (Wildman–Crippen LogP) is 3.30. The van der Waals surface area contributed by atoms with E-state index in [-0.39, 0.29) is 5.82 Å². The molecule has 0 spiro atoms. The van der Waals surface area contributed by atoms with Gasteiger partial charge in [-0.3, -0.25) is 0 Å². The molecule has 1 fully saturated rings. The van der Waals surface area contributed by atoms with Crippen molar-refractivity contribution in [2.75, 3.05) is 26.0 Å². The fourth-order valence-corrected chi connectivity index (χ4v) is 3.49. The van der Waals surface area contributed by atoms with Gasteiger partial charge in [-0.15, -0.1) is 11.6 Å². The van der Waals surface area contributed by atoms with Crippen molar-refractivity contribution in [3.63, 3.8) is 0 Å². The summed E-state index contributed by atoms with van der Waals surface area (Å²) in [6.07, 6.45) is 3.13. The number of alkyl halides is 1. The van der Waals surface area contributed by atoms with E-state index in [2.05, 4.69) is 21.5 Å². The molecule has 1 aromatic carbocycles. The Kier molecular flexibility index (Phi) is 4.45. The van der Waals surface area contributed by atoms with Crippen LogP contribution in [0.25, 0.3) is 11.0 Å². The molecule has 2 heterocycles. The second-order valence-electron chi connectivity index (χ2n) is 5.96. The van der Waals surface area contributed by atoms with E-state index in [0.717, 1.165) is 24.4 Å². The van der Waals surface area contributed by atoms with E-state index < -0.39 is 0 Å². The molecule has 3 rings (SSSR count). The molecule has 0 bridgehead atoms. The zero-order valence-corrected chi connectivity index (χ0v) is 13.1. The van der Waals surface area contributed by atoms with Gasteiger partial charge >= 0.3 is 0 Å². The monoisotopic (exact) mass is 309 g/mol. The summed E-state index contributed by atoms with van der Waals surface area (Å²) >= 11 is 5.89. The van der Waals surface area contributed by atoms with Crippen molar-refractivity contribution in [3.05, 3.63) is 29.8 Å². The third kappa shape index (κ3) is 3.06. The van der Waals surface area contributed by atoms with Crippen LogP contribution in [0.2, 0.25) is 0 Å². The number of para-hydroxylation sites is 1. The minimum Gasteiger partial charge on any atom is -0.328 e. The minimum atomic E-state index is -0.247. The molecule has 5 heteroatoms. The number of nitrogens with zero attached hydrogens (tertiary/aromatic N) is 3. The maximum absolute atomic E-state index is 13.9. The summed E-state index contributed by atoms with van der Waals surface area (Å²) in [5.74, 6) is 1.76. The van der Waals surface area contributed by atoms with Gasteiger partial charge in [-0.05, 0) is 44.5 Å². The normalized spacial score (nSPS) is 20.2. The highest BCUT2D eigenvalue weighted by Crippen LogP contribution is 2.24. The quantitative estimate of drug-likeness (QED) is 0.808. The third-order valence-corrected chi connectivity index (χ3v) is 4.48. The van der Waals surface area contributed by atoms with Crippen molar-refractivity contribution in [3.8, 4) is 0 Å². The van der Waals surface area contributed by atoms with Gasteiger partial charge in [0.15, 0.2) is 5.82 Å². The topological polar surface area (TPSA) is 21.1 Å². The van der Waals surface area contributed by atoms with E-state index in [1.54, 1.807) is 6.07 Å². The van der Waals surface area contributed by atoms with Crippen LogP contribution in [0.5, 0.6) is 0 Å². The van der Waals surface area contributed by atoms with E-state index in [1.807, 2.05) is 6.07 Å². The number of benzene rings is 1. The second kappa shape index (κ2) is 6.32. The molecule has 1 aliphatic heterocycles. The van der Waals surface area contributed by atoms with Gasteiger partial charge in [0.1, 0.15) is 11.3 Å². The van der Waals surface area contributed by atoms with Crippen LogP contribution in [0, 0.1) is 11.7 Å². The highest BCUT2D eigenvalue weighted by Gasteiger charge is 2.21. The first-order chi connectivity index (χ1) is 10.2. The van der Waals surface area contributed by atoms with E-state index >= 15 is 0 Å². The molecule has 2 aromatic rings. The first-order valence-electron chi connectivity index (χ1n) is 7.57. The fraction of sp³-hybridized carbons (Fsp3) is 0.562. The number of rotatable bonds is 4. The lowest BCUT2D eigenvalue weighted by molar-refractivity contribution is 0.194. The summed E-state index contributed by atoms with van der Waals surface area (Å²) in [6, 6.07) is 5.18. The summed E-state index contributed by atoms with van der Waals surface area (Å²) < 4.78 is 16.1. The van der Waals surface area contributed by atoms with Gasteiger partial charge < -0.3 is 9.47 Å². The maximum atomic E-state index is 13.9. The van der Waals surface area contributed by atoms with Crippen molar-refractivity contribution in [2.24, 2.45) is 5.92 Å². The van der Waals surface area contributed by atoms with Gasteiger partial charge in [0, 0.05) is 25.4 Å². The Morgan fingerprint density at radius 3 is 3.05 bits per heavy atom. The van der Waals surface area contributed by atoms with Crippen LogP contribution in [0.15, 0.2) is 18.2 Å². The average Bonchev–Trinajstić information content (AvgIpc) is 2.79. The number of piperidine rings is 1. The second-order valence-corrected chi connectivity index (χ2v) is 6.33. The Balaban J connectivity index is 1.95. The number of likely N-dealkylation sites (tertiary alicyclic amines) is 1. The molecule has 0 radical (unpaired) electrons. The first kappa shape index (κ1) is 14.8. The van der Waals surface area contributed by atoms with Crippen molar-refractivity contribution < 1.29 is 4.39 Å². The fourth-order valence-electron chi connectivity index (χ4n) is 3.32. The van der Waals surface area contributed by atoms with Crippen molar-refractivity contribution in [1.29, 1.82) is 0 Å². The number of imidazole rings is 1. The summed E-state index contributed by atoms with van der Waals surface area (Å²) in [6.45, 7) is 3.16. The summed E-state index contributed by atoms with van der Waals surface area (Å²) in [5, 5.41) is 0. The van der Waals surface area contributed by atoms with Gasteiger partial charge in [0.05, 0.1) is 5.52 Å². The Hall–Kier alpha value is -1.13. The molecule has 0 N–H and O–H groups in total. The molecule has 1 aromatic heterocycles. The van der Waals surface area contributed by atoms with Crippen molar-refractivity contribution in [2.45, 2.75) is 25.8 Å². The highest BCUT2D eigenvalue weighted by molar-refractivity contribution is 6.17. The zero-order valence-electron chi connectivity index (χ0n) is 12.4. The molecule has 0 aliphatic carbocycles. The number of hydrogen-bond donors (Lipinski definition) is 0. The standard InChI is InChI=1S/C16H21ClFN3/c1-20-9-3-4-12(10-20)11-21-14-6-2-5-13(18)16(14)19-15(21)7-8-17/h2,5-6,12H,3-4,7-11H2,1H3. The Labute approximate surface area is 129 Å².